The molecule has 0 unspecified atom stereocenters. The lowest BCUT2D eigenvalue weighted by Gasteiger charge is -2.32. The number of aryl methyl sites for hydroxylation is 2. The molecule has 1 aliphatic carbocycles. The van der Waals surface area contributed by atoms with Gasteiger partial charge in [0.15, 0.2) is 0 Å². The molecule has 1 saturated carbocycles. The highest BCUT2D eigenvalue weighted by molar-refractivity contribution is 5.97. The summed E-state index contributed by atoms with van der Waals surface area (Å²) in [6.07, 6.45) is 8.62. The van der Waals surface area contributed by atoms with Crippen LogP contribution in [0.2, 0.25) is 0 Å². The van der Waals surface area contributed by atoms with Crippen molar-refractivity contribution in [3.05, 3.63) is 23.7 Å². The van der Waals surface area contributed by atoms with Gasteiger partial charge in [0, 0.05) is 24.8 Å². The van der Waals surface area contributed by atoms with Gasteiger partial charge in [-0.1, -0.05) is 26.2 Å². The molecular weight excluding hydrogens is 412 g/mol. The zero-order valence-corrected chi connectivity index (χ0v) is 19.2. The van der Waals surface area contributed by atoms with E-state index in [2.05, 4.69) is 32.6 Å². The van der Waals surface area contributed by atoms with Crippen molar-refractivity contribution in [2.45, 2.75) is 64.5 Å². The fraction of sp³-hybridized carbons (Fsp3) is 0.591. The summed E-state index contributed by atoms with van der Waals surface area (Å²) >= 11 is 0. The second-order valence-electron chi connectivity index (χ2n) is 8.03. The normalized spacial score (nSPS) is 18.1. The van der Waals surface area contributed by atoms with E-state index >= 15 is 0 Å². The van der Waals surface area contributed by atoms with Gasteiger partial charge in [-0.2, -0.15) is 5.10 Å². The molecule has 174 valence electrons. The second kappa shape index (κ2) is 10.9. The predicted octanol–water partition coefficient (Wildman–Crippen LogP) is 3.22. The Balaban J connectivity index is 1.82. The number of alkyl carbamates (subject to hydrolysis) is 1. The maximum absolute atomic E-state index is 12.4. The van der Waals surface area contributed by atoms with Crippen LogP contribution in [0.4, 0.5) is 10.7 Å². The van der Waals surface area contributed by atoms with E-state index < -0.39 is 12.1 Å². The first kappa shape index (κ1) is 23.5. The van der Waals surface area contributed by atoms with Gasteiger partial charge in [-0.25, -0.2) is 19.6 Å². The number of esters is 1. The third-order valence-electron chi connectivity index (χ3n) is 5.57. The first-order chi connectivity index (χ1) is 15.4. The summed E-state index contributed by atoms with van der Waals surface area (Å²) in [6, 6.07) is -0.142. The van der Waals surface area contributed by atoms with Crippen molar-refractivity contribution in [3.63, 3.8) is 0 Å². The van der Waals surface area contributed by atoms with Crippen LogP contribution >= 0.6 is 0 Å². The van der Waals surface area contributed by atoms with E-state index in [-0.39, 0.29) is 12.1 Å². The number of rotatable bonds is 8. The van der Waals surface area contributed by atoms with E-state index in [0.717, 1.165) is 38.5 Å². The van der Waals surface area contributed by atoms with E-state index in [1.165, 1.54) is 7.11 Å². The van der Waals surface area contributed by atoms with E-state index in [0.29, 0.717) is 35.1 Å². The van der Waals surface area contributed by atoms with Crippen LogP contribution in [-0.4, -0.2) is 57.6 Å². The number of amides is 1. The maximum Gasteiger partial charge on any atom is 0.407 e. The smallest absolute Gasteiger partial charge is 0.407 e. The van der Waals surface area contributed by atoms with Gasteiger partial charge < -0.3 is 20.1 Å². The largest absolute Gasteiger partial charge is 0.465 e. The predicted molar refractivity (Wildman–Crippen MR) is 119 cm³/mol. The lowest BCUT2D eigenvalue weighted by Crippen LogP contribution is -2.49. The minimum Gasteiger partial charge on any atom is -0.465 e. The first-order valence-electron chi connectivity index (χ1n) is 11.1. The SMILES string of the molecule is CCCCOC(=O)N[C@H]1CCCC[C@H]1Nc1nc(C)c(C(=O)OC)c(-c2cnn(C)c2)n1. The highest BCUT2D eigenvalue weighted by atomic mass is 16.5. The lowest BCUT2D eigenvalue weighted by molar-refractivity contribution is 0.0599. The Kier molecular flexibility index (Phi) is 8.02. The van der Waals surface area contributed by atoms with Gasteiger partial charge >= 0.3 is 12.1 Å². The highest BCUT2D eigenvalue weighted by Crippen LogP contribution is 2.27. The molecule has 10 nitrogen and oxygen atoms in total. The van der Waals surface area contributed by atoms with Gasteiger partial charge in [0.25, 0.3) is 0 Å². The second-order valence-corrected chi connectivity index (χ2v) is 8.03. The van der Waals surface area contributed by atoms with Gasteiger partial charge in [0.05, 0.1) is 37.3 Å². The molecule has 0 bridgehead atoms. The molecule has 1 amide bonds. The number of aromatic nitrogens is 4. The number of carbonyl (C=O) groups excluding carboxylic acids is 2. The third kappa shape index (κ3) is 5.74. The molecule has 32 heavy (non-hydrogen) atoms. The number of ether oxygens (including phenoxy) is 2. The fourth-order valence-corrected chi connectivity index (χ4v) is 3.88. The quantitative estimate of drug-likeness (QED) is 0.470. The summed E-state index contributed by atoms with van der Waals surface area (Å²) in [7, 11) is 3.13. The highest BCUT2D eigenvalue weighted by Gasteiger charge is 2.29. The fourth-order valence-electron chi connectivity index (χ4n) is 3.88. The molecule has 0 aromatic carbocycles. The monoisotopic (exact) mass is 444 g/mol. The van der Waals surface area contributed by atoms with Crippen molar-refractivity contribution in [2.75, 3.05) is 19.0 Å². The van der Waals surface area contributed by atoms with Gasteiger partial charge in [0.1, 0.15) is 5.56 Å². The summed E-state index contributed by atoms with van der Waals surface area (Å²) in [5, 5.41) is 10.6. The summed E-state index contributed by atoms with van der Waals surface area (Å²) in [4.78, 5) is 33.7. The molecule has 0 spiro atoms. The Bertz CT molecular complexity index is 944. The number of unbranched alkanes of at least 4 members (excludes halogenated alkanes) is 1. The van der Waals surface area contributed by atoms with Crippen LogP contribution in [0.15, 0.2) is 12.4 Å². The molecule has 2 atom stereocenters. The van der Waals surface area contributed by atoms with Crippen molar-refractivity contribution in [1.82, 2.24) is 25.1 Å². The van der Waals surface area contributed by atoms with E-state index in [1.807, 2.05) is 0 Å². The maximum atomic E-state index is 12.4. The Hall–Kier alpha value is -3.17. The number of nitrogens with one attached hydrogen (secondary N) is 2. The number of hydrogen-bond donors (Lipinski definition) is 2. The number of carbonyl (C=O) groups is 2. The summed E-state index contributed by atoms with van der Waals surface area (Å²) in [5.74, 6) is -0.105. The van der Waals surface area contributed by atoms with Crippen molar-refractivity contribution >= 4 is 18.0 Å². The molecule has 3 rings (SSSR count). The number of nitrogens with zero attached hydrogens (tertiary/aromatic N) is 4. The summed E-state index contributed by atoms with van der Waals surface area (Å²) in [6.45, 7) is 4.22. The van der Waals surface area contributed by atoms with Crippen molar-refractivity contribution < 1.29 is 19.1 Å². The molecule has 2 aromatic heterocycles. The number of methoxy groups -OCH3 is 1. The van der Waals surface area contributed by atoms with Crippen LogP contribution in [0.25, 0.3) is 11.3 Å². The van der Waals surface area contributed by atoms with Crippen LogP contribution in [0.3, 0.4) is 0 Å². The topological polar surface area (TPSA) is 120 Å². The van der Waals surface area contributed by atoms with Crippen LogP contribution in [0.5, 0.6) is 0 Å². The average Bonchev–Trinajstić information content (AvgIpc) is 3.20. The van der Waals surface area contributed by atoms with Crippen LogP contribution < -0.4 is 10.6 Å². The van der Waals surface area contributed by atoms with E-state index in [4.69, 9.17) is 9.47 Å². The molecule has 0 saturated heterocycles. The summed E-state index contributed by atoms with van der Waals surface area (Å²) < 4.78 is 11.9. The van der Waals surface area contributed by atoms with E-state index in [9.17, 15) is 9.59 Å². The van der Waals surface area contributed by atoms with E-state index in [1.54, 1.807) is 31.0 Å². The zero-order chi connectivity index (χ0) is 23.1. The van der Waals surface area contributed by atoms with Crippen molar-refractivity contribution in [2.24, 2.45) is 7.05 Å². The lowest BCUT2D eigenvalue weighted by atomic mass is 9.90. The molecule has 1 fully saturated rings. The average molecular weight is 445 g/mol. The standard InChI is InChI=1S/C22H32N6O4/c1-5-6-11-32-22(30)26-17-10-8-7-9-16(17)25-21-24-14(2)18(20(29)31-4)19(27-21)15-12-23-28(3)13-15/h12-13,16-17H,5-11H2,1-4H3,(H,26,30)(H,24,25,27)/t16-,17+/m1/s1. The van der Waals surface area contributed by atoms with Gasteiger partial charge in [-0.3, -0.25) is 4.68 Å². The van der Waals surface area contributed by atoms with Crippen LogP contribution in [-0.2, 0) is 16.5 Å². The number of hydrogen-bond acceptors (Lipinski definition) is 8. The Morgan fingerprint density at radius 1 is 1.22 bits per heavy atom. The minimum atomic E-state index is -0.500. The van der Waals surface area contributed by atoms with Gasteiger partial charge in [-0.15, -0.1) is 0 Å². The first-order valence-corrected chi connectivity index (χ1v) is 11.1. The molecule has 2 aromatic rings. The summed E-state index contributed by atoms with van der Waals surface area (Å²) in [5.41, 5.74) is 1.97. The molecule has 1 aliphatic rings. The van der Waals surface area contributed by atoms with Gasteiger partial charge in [0.2, 0.25) is 5.95 Å². The molecule has 0 radical (unpaired) electrons. The Morgan fingerprint density at radius 3 is 2.62 bits per heavy atom. The van der Waals surface area contributed by atoms with Crippen molar-refractivity contribution in [1.29, 1.82) is 0 Å². The number of anilines is 1. The van der Waals surface area contributed by atoms with Gasteiger partial charge in [-0.05, 0) is 26.2 Å². The molecular formula is C22H32N6O4. The van der Waals surface area contributed by atoms with Crippen LogP contribution in [0, 0.1) is 6.92 Å². The van der Waals surface area contributed by atoms with Crippen molar-refractivity contribution in [3.8, 4) is 11.3 Å². The van der Waals surface area contributed by atoms with Crippen LogP contribution in [0.1, 0.15) is 61.5 Å². The minimum absolute atomic E-state index is 0.0485. The zero-order valence-electron chi connectivity index (χ0n) is 19.2. The Morgan fingerprint density at radius 2 is 1.97 bits per heavy atom. The molecule has 2 heterocycles. The molecule has 0 aliphatic heterocycles. The molecule has 10 heteroatoms. The third-order valence-corrected chi connectivity index (χ3v) is 5.57. The Labute approximate surface area is 188 Å². The molecule has 2 N–H and O–H groups in total.